The summed E-state index contributed by atoms with van der Waals surface area (Å²) in [6.45, 7) is 3.80. The smallest absolute Gasteiger partial charge is 0.257 e. The first-order chi connectivity index (χ1) is 14.7. The molecule has 0 amide bonds. The van der Waals surface area contributed by atoms with Gasteiger partial charge < -0.3 is 9.32 Å². The van der Waals surface area contributed by atoms with E-state index in [2.05, 4.69) is 34.2 Å². The average molecular weight is 419 g/mol. The van der Waals surface area contributed by atoms with Crippen LogP contribution in [0.15, 0.2) is 47.1 Å². The molecular formula is C22H19ClN6O. The highest BCUT2D eigenvalue weighted by molar-refractivity contribution is 6.31. The third-order valence-corrected chi connectivity index (χ3v) is 6.13. The second-order valence-electron chi connectivity index (χ2n) is 7.88. The van der Waals surface area contributed by atoms with E-state index in [1.165, 1.54) is 5.56 Å². The fourth-order valence-electron chi connectivity index (χ4n) is 4.34. The van der Waals surface area contributed by atoms with Crippen molar-refractivity contribution in [2.24, 2.45) is 0 Å². The minimum absolute atomic E-state index is 0.306. The van der Waals surface area contributed by atoms with Gasteiger partial charge in [-0.3, -0.25) is 4.40 Å². The highest BCUT2D eigenvalue weighted by Gasteiger charge is 2.27. The van der Waals surface area contributed by atoms with Gasteiger partial charge in [-0.25, -0.2) is 4.98 Å². The molecular weight excluding hydrogens is 400 g/mol. The molecule has 8 heteroatoms. The largest absolute Gasteiger partial charge is 0.440 e. The summed E-state index contributed by atoms with van der Waals surface area (Å²) in [5.74, 6) is 2.64. The molecule has 1 aliphatic rings. The van der Waals surface area contributed by atoms with Crippen molar-refractivity contribution in [1.29, 1.82) is 0 Å². The molecule has 0 N–H and O–H groups in total. The molecule has 0 aliphatic carbocycles. The van der Waals surface area contributed by atoms with Crippen LogP contribution in [0.25, 0.3) is 27.8 Å². The van der Waals surface area contributed by atoms with Crippen LogP contribution in [0.5, 0.6) is 0 Å². The van der Waals surface area contributed by atoms with Gasteiger partial charge in [0.2, 0.25) is 0 Å². The van der Waals surface area contributed by atoms with E-state index >= 15 is 0 Å². The molecule has 2 aromatic carbocycles. The number of halogens is 1. The number of aryl methyl sites for hydroxylation is 1. The Morgan fingerprint density at radius 2 is 1.93 bits per heavy atom. The van der Waals surface area contributed by atoms with E-state index in [9.17, 15) is 0 Å². The Kier molecular flexibility index (Phi) is 3.92. The van der Waals surface area contributed by atoms with Crippen molar-refractivity contribution in [2.75, 3.05) is 18.0 Å². The molecule has 0 spiro atoms. The number of hydrogen-bond donors (Lipinski definition) is 0. The third-order valence-electron chi connectivity index (χ3n) is 5.90. The summed E-state index contributed by atoms with van der Waals surface area (Å²) in [4.78, 5) is 11.8. The summed E-state index contributed by atoms with van der Waals surface area (Å²) in [6, 6.07) is 12.0. The van der Waals surface area contributed by atoms with E-state index in [0.29, 0.717) is 16.7 Å². The van der Waals surface area contributed by atoms with Gasteiger partial charge in [-0.1, -0.05) is 17.7 Å². The number of anilines is 1. The van der Waals surface area contributed by atoms with Crippen molar-refractivity contribution in [3.05, 3.63) is 59.2 Å². The van der Waals surface area contributed by atoms with Crippen molar-refractivity contribution < 1.29 is 4.42 Å². The Labute approximate surface area is 177 Å². The molecule has 1 fully saturated rings. The summed E-state index contributed by atoms with van der Waals surface area (Å²) >= 11 is 6.30. The molecule has 7 nitrogen and oxygen atoms in total. The van der Waals surface area contributed by atoms with E-state index in [-0.39, 0.29) is 0 Å². The zero-order chi connectivity index (χ0) is 20.2. The topological polar surface area (TPSA) is 72.4 Å². The molecule has 0 radical (unpaired) electrons. The molecule has 1 saturated heterocycles. The molecule has 0 saturated carbocycles. The Morgan fingerprint density at radius 1 is 1.07 bits per heavy atom. The Hall–Kier alpha value is -3.19. The van der Waals surface area contributed by atoms with Gasteiger partial charge in [0.25, 0.3) is 5.78 Å². The number of oxazole rings is 1. The van der Waals surface area contributed by atoms with Crippen LogP contribution in [0.3, 0.4) is 0 Å². The van der Waals surface area contributed by atoms with E-state index in [1.807, 2.05) is 28.7 Å². The van der Waals surface area contributed by atoms with Crippen molar-refractivity contribution in [2.45, 2.75) is 25.7 Å². The first-order valence-corrected chi connectivity index (χ1v) is 10.4. The van der Waals surface area contributed by atoms with E-state index < -0.39 is 0 Å². The minimum atomic E-state index is 0.306. The lowest BCUT2D eigenvalue weighted by atomic mass is 9.96. The predicted octanol–water partition coefficient (Wildman–Crippen LogP) is 4.76. The molecule has 6 rings (SSSR count). The van der Waals surface area contributed by atoms with Crippen molar-refractivity contribution in [1.82, 2.24) is 24.6 Å². The molecule has 150 valence electrons. The van der Waals surface area contributed by atoms with Gasteiger partial charge in [-0.15, -0.1) is 10.2 Å². The number of fused-ring (bicyclic) bond motifs is 4. The van der Waals surface area contributed by atoms with Crippen LogP contribution in [0.4, 0.5) is 5.82 Å². The van der Waals surface area contributed by atoms with Crippen LogP contribution in [-0.2, 0) is 0 Å². The fraction of sp³-hybridized carbons (Fsp3) is 0.273. The fourth-order valence-corrected chi connectivity index (χ4v) is 4.51. The van der Waals surface area contributed by atoms with Crippen LogP contribution in [-0.4, -0.2) is 37.7 Å². The molecule has 0 bridgehead atoms. The van der Waals surface area contributed by atoms with Gasteiger partial charge in [0.05, 0.1) is 5.52 Å². The van der Waals surface area contributed by atoms with Crippen LogP contribution in [0.1, 0.15) is 30.2 Å². The highest BCUT2D eigenvalue weighted by Crippen LogP contribution is 2.34. The normalized spacial score (nSPS) is 15.6. The van der Waals surface area contributed by atoms with Gasteiger partial charge in [0, 0.05) is 29.4 Å². The van der Waals surface area contributed by atoms with E-state index in [4.69, 9.17) is 26.0 Å². The van der Waals surface area contributed by atoms with Gasteiger partial charge in [-0.2, -0.15) is 4.98 Å². The maximum atomic E-state index is 6.30. The molecule has 0 atom stereocenters. The maximum absolute atomic E-state index is 6.30. The van der Waals surface area contributed by atoms with Crippen molar-refractivity contribution in [3.8, 4) is 0 Å². The summed E-state index contributed by atoms with van der Waals surface area (Å²) in [5.41, 5.74) is 3.99. The summed E-state index contributed by atoms with van der Waals surface area (Å²) in [6.07, 6.45) is 3.59. The monoisotopic (exact) mass is 418 g/mol. The van der Waals surface area contributed by atoms with Crippen LogP contribution < -0.4 is 4.90 Å². The number of piperidine rings is 1. The van der Waals surface area contributed by atoms with Crippen LogP contribution >= 0.6 is 11.6 Å². The van der Waals surface area contributed by atoms with Gasteiger partial charge >= 0.3 is 0 Å². The highest BCUT2D eigenvalue weighted by atomic mass is 35.5. The van der Waals surface area contributed by atoms with E-state index in [1.54, 1.807) is 6.33 Å². The van der Waals surface area contributed by atoms with Crippen molar-refractivity contribution in [3.63, 3.8) is 0 Å². The van der Waals surface area contributed by atoms with Gasteiger partial charge in [0.15, 0.2) is 11.5 Å². The number of aromatic nitrogens is 5. The standard InChI is InChI=1S/C22H19ClN6O/c1-13-2-5-19-17(10-13)25-21(30-19)14-6-8-28(9-7-14)20-16-11-15(23)3-4-18(16)29-12-24-27-22(29)26-20/h2-5,10-12,14H,6-9H2,1H3. The average Bonchev–Trinajstić information content (AvgIpc) is 3.39. The van der Waals surface area contributed by atoms with Gasteiger partial charge in [-0.05, 0) is 55.7 Å². The van der Waals surface area contributed by atoms with E-state index in [0.717, 1.165) is 59.6 Å². The maximum Gasteiger partial charge on any atom is 0.257 e. The minimum Gasteiger partial charge on any atom is -0.440 e. The second kappa shape index (κ2) is 6.67. The zero-order valence-electron chi connectivity index (χ0n) is 16.4. The lowest BCUT2D eigenvalue weighted by Gasteiger charge is -2.32. The summed E-state index contributed by atoms with van der Waals surface area (Å²) in [7, 11) is 0. The Bertz CT molecular complexity index is 1400. The first-order valence-electron chi connectivity index (χ1n) is 10.1. The van der Waals surface area contributed by atoms with Crippen molar-refractivity contribution >= 4 is 45.2 Å². The zero-order valence-corrected chi connectivity index (χ0v) is 17.2. The van der Waals surface area contributed by atoms with Gasteiger partial charge in [0.1, 0.15) is 17.7 Å². The lowest BCUT2D eigenvalue weighted by Crippen LogP contribution is -2.33. The SMILES string of the molecule is Cc1ccc2oc(C3CCN(c4nc5nncn5c5ccc(Cl)cc45)CC3)nc2c1. The summed E-state index contributed by atoms with van der Waals surface area (Å²) in [5, 5.41) is 9.87. The third kappa shape index (κ3) is 2.81. The summed E-state index contributed by atoms with van der Waals surface area (Å²) < 4.78 is 7.94. The number of nitrogens with zero attached hydrogens (tertiary/aromatic N) is 6. The molecule has 5 aromatic rings. The van der Waals surface area contributed by atoms with Crippen LogP contribution in [0.2, 0.25) is 5.02 Å². The Balaban J connectivity index is 1.32. The second-order valence-corrected chi connectivity index (χ2v) is 8.32. The number of benzene rings is 2. The molecule has 30 heavy (non-hydrogen) atoms. The van der Waals surface area contributed by atoms with Crippen LogP contribution in [0, 0.1) is 6.92 Å². The Morgan fingerprint density at radius 3 is 2.80 bits per heavy atom. The molecule has 3 aromatic heterocycles. The number of hydrogen-bond acceptors (Lipinski definition) is 6. The lowest BCUT2D eigenvalue weighted by molar-refractivity contribution is 0.407. The quantitative estimate of drug-likeness (QED) is 0.411. The predicted molar refractivity (Wildman–Crippen MR) is 116 cm³/mol. The molecule has 4 heterocycles. The molecule has 1 aliphatic heterocycles. The first kappa shape index (κ1) is 17.7. The molecule has 0 unspecified atom stereocenters. The number of rotatable bonds is 2.